The molecular formula is C25H25N7O3S2. The number of ether oxygens (including phenoxy) is 2. The van der Waals surface area contributed by atoms with Gasteiger partial charge in [0.15, 0.2) is 4.34 Å². The fourth-order valence-electron chi connectivity index (χ4n) is 3.89. The maximum atomic E-state index is 13.1. The minimum atomic E-state index is -0.562. The quantitative estimate of drug-likeness (QED) is 0.175. The van der Waals surface area contributed by atoms with Crippen molar-refractivity contribution < 1.29 is 14.3 Å². The van der Waals surface area contributed by atoms with Gasteiger partial charge in [0.1, 0.15) is 16.8 Å². The Morgan fingerprint density at radius 1 is 1.11 bits per heavy atom. The van der Waals surface area contributed by atoms with Crippen LogP contribution in [0.1, 0.15) is 31.4 Å². The summed E-state index contributed by atoms with van der Waals surface area (Å²) in [5.41, 5.74) is 2.94. The molecule has 2 aromatic carbocycles. The SMILES string of the molecule is CCCCOc1ccc(C2C(C(=O)OC)=C(CSc3nnc(-c4ccccc4)s3)Nc3nnnn32)cc1. The van der Waals surface area contributed by atoms with Gasteiger partial charge in [-0.2, -0.15) is 4.68 Å². The average molecular weight is 536 g/mol. The van der Waals surface area contributed by atoms with E-state index in [0.717, 1.165) is 39.1 Å². The molecule has 3 heterocycles. The second-order valence-corrected chi connectivity index (χ2v) is 10.4. The maximum absolute atomic E-state index is 13.1. The zero-order chi connectivity index (χ0) is 25.6. The standard InChI is InChI=1S/C25H25N7O3S2/c1-3-4-14-35-18-12-10-16(11-13-18)21-20(23(33)34-2)19(26-24-28-30-31-32(21)24)15-36-25-29-27-22(37-25)17-8-6-5-7-9-17/h5-13,21H,3-4,14-15H2,1-2H3,(H,26,28,31). The molecule has 1 unspecified atom stereocenters. The lowest BCUT2D eigenvalue weighted by atomic mass is 9.95. The molecule has 37 heavy (non-hydrogen) atoms. The number of methoxy groups -OCH3 is 1. The molecule has 1 atom stereocenters. The third-order valence-electron chi connectivity index (χ3n) is 5.73. The van der Waals surface area contributed by atoms with Gasteiger partial charge in [-0.15, -0.1) is 10.2 Å². The van der Waals surface area contributed by atoms with E-state index in [1.165, 1.54) is 30.2 Å². The Kier molecular flexibility index (Phi) is 7.76. The Labute approximate surface area is 222 Å². The number of esters is 1. The van der Waals surface area contributed by atoms with E-state index in [4.69, 9.17) is 9.47 Å². The number of nitrogens with one attached hydrogen (secondary N) is 1. The number of fused-ring (bicyclic) bond motifs is 1. The van der Waals surface area contributed by atoms with Crippen LogP contribution >= 0.6 is 23.1 Å². The Hall–Kier alpha value is -3.77. The summed E-state index contributed by atoms with van der Waals surface area (Å²) in [5.74, 6) is 1.18. The van der Waals surface area contributed by atoms with Crippen LogP contribution in [0.2, 0.25) is 0 Å². The van der Waals surface area contributed by atoms with Gasteiger partial charge in [-0.1, -0.05) is 84.0 Å². The van der Waals surface area contributed by atoms with Crippen molar-refractivity contribution in [3.05, 3.63) is 71.4 Å². The molecule has 0 bridgehead atoms. The summed E-state index contributed by atoms with van der Waals surface area (Å²) in [6.07, 6.45) is 2.05. The maximum Gasteiger partial charge on any atom is 0.338 e. The number of anilines is 1. The minimum Gasteiger partial charge on any atom is -0.494 e. The Bertz CT molecular complexity index is 1390. The van der Waals surface area contributed by atoms with Gasteiger partial charge in [0, 0.05) is 17.0 Å². The molecule has 190 valence electrons. The largest absolute Gasteiger partial charge is 0.494 e. The molecule has 4 aromatic rings. The van der Waals surface area contributed by atoms with E-state index in [9.17, 15) is 4.79 Å². The summed E-state index contributed by atoms with van der Waals surface area (Å²) >= 11 is 2.98. The lowest BCUT2D eigenvalue weighted by molar-refractivity contribution is -0.136. The van der Waals surface area contributed by atoms with Gasteiger partial charge in [0.2, 0.25) is 5.95 Å². The fourth-order valence-corrected chi connectivity index (χ4v) is 5.71. The molecule has 12 heteroatoms. The third kappa shape index (κ3) is 5.49. The number of carbonyl (C=O) groups is 1. The summed E-state index contributed by atoms with van der Waals surface area (Å²) in [4.78, 5) is 13.1. The number of hydrogen-bond acceptors (Lipinski definition) is 11. The van der Waals surface area contributed by atoms with Crippen LogP contribution in [0, 0.1) is 0 Å². The van der Waals surface area contributed by atoms with E-state index in [2.05, 4.69) is 38.0 Å². The molecule has 0 fully saturated rings. The minimum absolute atomic E-state index is 0.426. The van der Waals surface area contributed by atoms with Crippen LogP contribution in [0.4, 0.5) is 5.95 Å². The van der Waals surface area contributed by atoms with Crippen LogP contribution in [0.3, 0.4) is 0 Å². The zero-order valence-corrected chi connectivity index (χ0v) is 22.0. The highest BCUT2D eigenvalue weighted by molar-refractivity contribution is 8.01. The van der Waals surface area contributed by atoms with Crippen molar-refractivity contribution in [1.82, 2.24) is 30.4 Å². The number of unbranched alkanes of at least 4 members (excludes halogenated alkanes) is 1. The van der Waals surface area contributed by atoms with Crippen LogP contribution in [0.5, 0.6) is 5.75 Å². The number of rotatable bonds is 10. The Balaban J connectivity index is 1.43. The van der Waals surface area contributed by atoms with E-state index in [1.54, 1.807) is 4.68 Å². The number of aromatic nitrogens is 6. The van der Waals surface area contributed by atoms with Crippen LogP contribution in [-0.4, -0.2) is 55.8 Å². The van der Waals surface area contributed by atoms with Crippen LogP contribution < -0.4 is 10.1 Å². The molecule has 2 aromatic heterocycles. The van der Waals surface area contributed by atoms with E-state index >= 15 is 0 Å². The first-order valence-corrected chi connectivity index (χ1v) is 13.6. The normalized spacial score (nSPS) is 14.7. The van der Waals surface area contributed by atoms with E-state index in [1.807, 2.05) is 54.6 Å². The van der Waals surface area contributed by atoms with Crippen molar-refractivity contribution in [2.45, 2.75) is 30.1 Å². The fraction of sp³-hybridized carbons (Fsp3) is 0.280. The number of benzene rings is 2. The van der Waals surface area contributed by atoms with Gasteiger partial charge < -0.3 is 14.8 Å². The lowest BCUT2D eigenvalue weighted by Crippen LogP contribution is -2.30. The molecule has 0 aliphatic carbocycles. The number of nitrogens with zero attached hydrogens (tertiary/aromatic N) is 6. The van der Waals surface area contributed by atoms with Crippen LogP contribution in [0.25, 0.3) is 10.6 Å². The molecule has 5 rings (SSSR count). The van der Waals surface area contributed by atoms with Crippen molar-refractivity contribution in [3.8, 4) is 16.3 Å². The van der Waals surface area contributed by atoms with Gasteiger partial charge in [-0.05, 0) is 34.5 Å². The summed E-state index contributed by atoms with van der Waals surface area (Å²) < 4.78 is 13.4. The number of carbonyl (C=O) groups excluding carboxylic acids is 1. The zero-order valence-electron chi connectivity index (χ0n) is 20.3. The highest BCUT2D eigenvalue weighted by Gasteiger charge is 2.36. The first-order chi connectivity index (χ1) is 18.2. The van der Waals surface area contributed by atoms with Gasteiger partial charge in [0.25, 0.3) is 0 Å². The summed E-state index contributed by atoms with van der Waals surface area (Å²) in [5, 5.41) is 24.8. The van der Waals surface area contributed by atoms with Crippen molar-refractivity contribution in [1.29, 1.82) is 0 Å². The Morgan fingerprint density at radius 3 is 2.68 bits per heavy atom. The molecule has 10 nitrogen and oxygen atoms in total. The topological polar surface area (TPSA) is 117 Å². The van der Waals surface area contributed by atoms with Crippen molar-refractivity contribution >= 4 is 35.0 Å². The predicted molar refractivity (Wildman–Crippen MR) is 142 cm³/mol. The molecule has 1 aliphatic rings. The van der Waals surface area contributed by atoms with Crippen molar-refractivity contribution in [2.75, 3.05) is 24.8 Å². The molecule has 0 radical (unpaired) electrons. The Morgan fingerprint density at radius 2 is 1.92 bits per heavy atom. The molecule has 1 aliphatic heterocycles. The average Bonchev–Trinajstić information content (AvgIpc) is 3.61. The van der Waals surface area contributed by atoms with Crippen molar-refractivity contribution in [3.63, 3.8) is 0 Å². The molecule has 0 amide bonds. The molecule has 0 spiro atoms. The van der Waals surface area contributed by atoms with Gasteiger partial charge in [-0.25, -0.2) is 4.79 Å². The van der Waals surface area contributed by atoms with Crippen LogP contribution in [-0.2, 0) is 9.53 Å². The monoisotopic (exact) mass is 535 g/mol. The second kappa shape index (κ2) is 11.5. The van der Waals surface area contributed by atoms with E-state index in [-0.39, 0.29) is 0 Å². The summed E-state index contributed by atoms with van der Waals surface area (Å²) in [6.45, 7) is 2.78. The second-order valence-electron chi connectivity index (χ2n) is 8.16. The number of tetrazole rings is 1. The predicted octanol–water partition coefficient (Wildman–Crippen LogP) is 4.60. The lowest BCUT2D eigenvalue weighted by Gasteiger charge is -2.28. The third-order valence-corrected chi connectivity index (χ3v) is 7.87. The summed E-state index contributed by atoms with van der Waals surface area (Å²) in [7, 11) is 1.37. The highest BCUT2D eigenvalue weighted by Crippen LogP contribution is 2.38. The van der Waals surface area contributed by atoms with Crippen molar-refractivity contribution in [2.24, 2.45) is 0 Å². The number of hydrogen-bond donors (Lipinski definition) is 1. The van der Waals surface area contributed by atoms with E-state index in [0.29, 0.717) is 29.6 Å². The summed E-state index contributed by atoms with van der Waals surface area (Å²) in [6, 6.07) is 17.0. The molecule has 0 saturated carbocycles. The smallest absolute Gasteiger partial charge is 0.338 e. The molecular weight excluding hydrogens is 510 g/mol. The highest BCUT2D eigenvalue weighted by atomic mass is 32.2. The number of thioether (sulfide) groups is 1. The first-order valence-electron chi connectivity index (χ1n) is 11.8. The van der Waals surface area contributed by atoms with Gasteiger partial charge >= 0.3 is 5.97 Å². The van der Waals surface area contributed by atoms with Gasteiger partial charge in [0.05, 0.1) is 19.3 Å². The molecule has 0 saturated heterocycles. The molecule has 1 N–H and O–H groups in total. The van der Waals surface area contributed by atoms with Crippen LogP contribution in [0.15, 0.2) is 70.2 Å². The van der Waals surface area contributed by atoms with Gasteiger partial charge in [-0.3, -0.25) is 0 Å². The first kappa shape index (κ1) is 24.9. The van der Waals surface area contributed by atoms with E-state index < -0.39 is 12.0 Å².